The number of amides is 1. The minimum Gasteiger partial charge on any atom is -0.481 e. The van der Waals surface area contributed by atoms with Crippen LogP contribution >= 0.6 is 11.3 Å². The van der Waals surface area contributed by atoms with Gasteiger partial charge in [-0.2, -0.15) is 0 Å². The molecule has 0 fully saturated rings. The van der Waals surface area contributed by atoms with E-state index in [1.54, 1.807) is 19.4 Å². The highest BCUT2D eigenvalue weighted by Gasteiger charge is 2.22. The van der Waals surface area contributed by atoms with Gasteiger partial charge in [0.15, 0.2) is 0 Å². The molecule has 0 saturated heterocycles. The summed E-state index contributed by atoms with van der Waals surface area (Å²) in [5.41, 5.74) is 1.05. The van der Waals surface area contributed by atoms with Crippen molar-refractivity contribution >= 4 is 23.2 Å². The highest BCUT2D eigenvalue weighted by molar-refractivity contribution is 7.11. The molecular formula is C10H14N2O3S. The van der Waals surface area contributed by atoms with Gasteiger partial charge >= 0.3 is 5.97 Å². The molecule has 0 radical (unpaired) electrons. The van der Waals surface area contributed by atoms with Crippen molar-refractivity contribution in [3.8, 4) is 0 Å². The Morgan fingerprint density at radius 3 is 2.75 bits per heavy atom. The number of nitrogens with one attached hydrogen (secondary N) is 1. The van der Waals surface area contributed by atoms with Crippen molar-refractivity contribution in [2.24, 2.45) is 0 Å². The van der Waals surface area contributed by atoms with Crippen LogP contribution in [0.5, 0.6) is 0 Å². The largest absolute Gasteiger partial charge is 0.481 e. The number of aliphatic carboxylic acids is 1. The van der Waals surface area contributed by atoms with Gasteiger partial charge in [-0.25, -0.2) is 0 Å². The number of carboxylic acid groups (broad SMARTS) is 1. The molecule has 0 aromatic carbocycles. The van der Waals surface area contributed by atoms with Gasteiger partial charge in [-0.15, -0.1) is 11.3 Å². The second-order valence-corrected chi connectivity index (χ2v) is 4.98. The predicted molar refractivity (Wildman–Crippen MR) is 60.5 cm³/mol. The van der Waals surface area contributed by atoms with Crippen LogP contribution < -0.4 is 5.32 Å². The third kappa shape index (κ3) is 3.98. The lowest BCUT2D eigenvalue weighted by atomic mass is 9.98. The van der Waals surface area contributed by atoms with Crippen LogP contribution in [-0.4, -0.2) is 27.5 Å². The van der Waals surface area contributed by atoms with Crippen LogP contribution in [-0.2, 0) is 4.79 Å². The molecule has 0 aliphatic heterocycles. The summed E-state index contributed by atoms with van der Waals surface area (Å²) in [4.78, 5) is 26.5. The van der Waals surface area contributed by atoms with Crippen molar-refractivity contribution in [3.05, 3.63) is 16.6 Å². The van der Waals surface area contributed by atoms with Crippen molar-refractivity contribution in [2.75, 3.05) is 0 Å². The first-order valence-electron chi connectivity index (χ1n) is 4.83. The zero-order valence-electron chi connectivity index (χ0n) is 9.19. The molecule has 1 heterocycles. The second-order valence-electron chi connectivity index (χ2n) is 4.10. The Morgan fingerprint density at radius 2 is 2.25 bits per heavy atom. The molecule has 0 bridgehead atoms. The summed E-state index contributed by atoms with van der Waals surface area (Å²) in [5.74, 6) is -1.07. The Kier molecular flexibility index (Phi) is 4.00. The normalized spacial score (nSPS) is 11.1. The van der Waals surface area contributed by atoms with Crippen molar-refractivity contribution in [3.63, 3.8) is 0 Å². The van der Waals surface area contributed by atoms with Gasteiger partial charge in [0.2, 0.25) is 0 Å². The first kappa shape index (κ1) is 12.6. The summed E-state index contributed by atoms with van der Waals surface area (Å²) < 4.78 is 0. The molecule has 5 nitrogen and oxygen atoms in total. The molecule has 88 valence electrons. The minimum absolute atomic E-state index is 0.0377. The van der Waals surface area contributed by atoms with Crippen molar-refractivity contribution in [1.82, 2.24) is 10.3 Å². The first-order valence-corrected chi connectivity index (χ1v) is 5.71. The zero-order chi connectivity index (χ0) is 12.2. The van der Waals surface area contributed by atoms with E-state index >= 15 is 0 Å². The number of carbonyl (C=O) groups is 2. The summed E-state index contributed by atoms with van der Waals surface area (Å²) in [6.45, 7) is 3.60. The maximum absolute atomic E-state index is 11.7. The minimum atomic E-state index is -0.861. The van der Waals surface area contributed by atoms with Gasteiger partial charge in [0, 0.05) is 12.0 Å². The summed E-state index contributed by atoms with van der Waals surface area (Å²) in [5, 5.41) is 11.4. The van der Waals surface area contributed by atoms with E-state index < -0.39 is 11.5 Å². The lowest BCUT2D eigenvalue weighted by Gasteiger charge is -2.25. The van der Waals surface area contributed by atoms with Crippen molar-refractivity contribution in [2.45, 2.75) is 32.2 Å². The molecule has 0 saturated carbocycles. The number of thiazole rings is 1. The lowest BCUT2D eigenvalue weighted by molar-refractivity contribution is -0.137. The maximum atomic E-state index is 11.7. The number of carboxylic acids is 1. The van der Waals surface area contributed by atoms with E-state index in [2.05, 4.69) is 10.3 Å². The molecule has 0 spiro atoms. The van der Waals surface area contributed by atoms with Crippen LogP contribution in [0.1, 0.15) is 36.4 Å². The summed E-state index contributed by atoms with van der Waals surface area (Å²) in [6, 6.07) is 0. The highest BCUT2D eigenvalue weighted by atomic mass is 32.1. The van der Waals surface area contributed by atoms with Gasteiger partial charge in [-0.3, -0.25) is 14.6 Å². The zero-order valence-corrected chi connectivity index (χ0v) is 10.0. The Morgan fingerprint density at radius 1 is 1.56 bits per heavy atom. The average molecular weight is 242 g/mol. The number of aromatic nitrogens is 1. The number of hydrogen-bond donors (Lipinski definition) is 2. The third-order valence-electron chi connectivity index (χ3n) is 2.07. The highest BCUT2D eigenvalue weighted by Crippen LogP contribution is 2.14. The number of hydrogen-bond acceptors (Lipinski definition) is 4. The van der Waals surface area contributed by atoms with Crippen LogP contribution in [0, 0.1) is 0 Å². The molecule has 0 atom stereocenters. The summed E-state index contributed by atoms with van der Waals surface area (Å²) >= 11 is 1.26. The molecule has 1 aromatic heterocycles. The molecule has 1 rings (SSSR count). The van der Waals surface area contributed by atoms with Gasteiger partial charge in [0.05, 0.1) is 11.7 Å². The molecule has 1 aromatic rings. The van der Waals surface area contributed by atoms with Gasteiger partial charge in [-0.1, -0.05) is 0 Å². The molecule has 16 heavy (non-hydrogen) atoms. The Hall–Kier alpha value is -1.43. The average Bonchev–Trinajstić information content (AvgIpc) is 2.67. The van der Waals surface area contributed by atoms with Crippen LogP contribution in [0.15, 0.2) is 11.7 Å². The standard InChI is InChI=1S/C10H14N2O3S/c1-10(2,4-3-8(13)14)12-9(15)7-5-11-6-16-7/h5-6H,3-4H2,1-2H3,(H,12,15)(H,13,14). The van der Waals surface area contributed by atoms with Crippen LogP contribution in [0.3, 0.4) is 0 Å². The smallest absolute Gasteiger partial charge is 0.303 e. The molecular weight excluding hydrogens is 228 g/mol. The van der Waals surface area contributed by atoms with Crippen molar-refractivity contribution in [1.29, 1.82) is 0 Å². The second kappa shape index (κ2) is 5.07. The Labute approximate surface area is 97.5 Å². The fourth-order valence-corrected chi connectivity index (χ4v) is 1.69. The Bertz CT molecular complexity index is 373. The van der Waals surface area contributed by atoms with E-state index in [1.807, 2.05) is 0 Å². The molecule has 6 heteroatoms. The molecule has 0 aliphatic rings. The van der Waals surface area contributed by atoms with E-state index in [1.165, 1.54) is 17.5 Å². The van der Waals surface area contributed by atoms with E-state index in [0.29, 0.717) is 11.3 Å². The molecule has 0 unspecified atom stereocenters. The fraction of sp³-hybridized carbons (Fsp3) is 0.500. The monoisotopic (exact) mass is 242 g/mol. The number of nitrogens with zero attached hydrogens (tertiary/aromatic N) is 1. The molecule has 2 N–H and O–H groups in total. The third-order valence-corrected chi connectivity index (χ3v) is 2.84. The fourth-order valence-electron chi connectivity index (χ4n) is 1.18. The SMILES string of the molecule is CC(C)(CCC(=O)O)NC(=O)c1cncs1. The number of rotatable bonds is 5. The summed E-state index contributed by atoms with van der Waals surface area (Å²) in [6.07, 6.45) is 1.93. The maximum Gasteiger partial charge on any atom is 0.303 e. The molecule has 0 aliphatic carbocycles. The van der Waals surface area contributed by atoms with Gasteiger partial charge < -0.3 is 10.4 Å². The van der Waals surface area contributed by atoms with Crippen LogP contribution in [0.25, 0.3) is 0 Å². The van der Waals surface area contributed by atoms with Gasteiger partial charge in [0.1, 0.15) is 4.88 Å². The number of carbonyl (C=O) groups excluding carboxylic acids is 1. The predicted octanol–water partition coefficient (Wildman–Crippen LogP) is 1.52. The Balaban J connectivity index is 2.52. The van der Waals surface area contributed by atoms with E-state index in [-0.39, 0.29) is 12.3 Å². The molecule has 1 amide bonds. The topological polar surface area (TPSA) is 79.3 Å². The lowest BCUT2D eigenvalue weighted by Crippen LogP contribution is -2.43. The van der Waals surface area contributed by atoms with Crippen LogP contribution in [0.4, 0.5) is 0 Å². The van der Waals surface area contributed by atoms with Gasteiger partial charge in [0.25, 0.3) is 5.91 Å². The van der Waals surface area contributed by atoms with E-state index in [9.17, 15) is 9.59 Å². The van der Waals surface area contributed by atoms with Crippen molar-refractivity contribution < 1.29 is 14.7 Å². The van der Waals surface area contributed by atoms with E-state index in [0.717, 1.165) is 0 Å². The summed E-state index contributed by atoms with van der Waals surface area (Å²) in [7, 11) is 0. The first-order chi connectivity index (χ1) is 7.41. The van der Waals surface area contributed by atoms with E-state index in [4.69, 9.17) is 5.11 Å². The van der Waals surface area contributed by atoms with Gasteiger partial charge in [-0.05, 0) is 20.3 Å². The van der Waals surface area contributed by atoms with Crippen LogP contribution in [0.2, 0.25) is 0 Å². The quantitative estimate of drug-likeness (QED) is 0.820.